The maximum atomic E-state index is 12.2. The van der Waals surface area contributed by atoms with Crippen molar-refractivity contribution in [3.63, 3.8) is 0 Å². The van der Waals surface area contributed by atoms with Crippen LogP contribution in [0.25, 0.3) is 0 Å². The first kappa shape index (κ1) is 13.5. The van der Waals surface area contributed by atoms with E-state index in [1.165, 1.54) is 0 Å². The Labute approximate surface area is 94.4 Å². The van der Waals surface area contributed by atoms with Crippen LogP contribution < -0.4 is 0 Å². The van der Waals surface area contributed by atoms with Crippen molar-refractivity contribution in [2.45, 2.75) is 52.6 Å². The number of carbonyl (C=O) groups excluding carboxylic acids is 1. The standard InChI is InChI=1S/C12H19F3O/c1-10(2)9(8-16)4-5-11(10,3)6-7-12(13,14)15/h8-9H,4-7H2,1-3H3/t9-,11+/m0/s1. The summed E-state index contributed by atoms with van der Waals surface area (Å²) < 4.78 is 36.7. The van der Waals surface area contributed by atoms with Crippen LogP contribution in [-0.2, 0) is 4.79 Å². The Bertz CT molecular complexity index is 270. The van der Waals surface area contributed by atoms with Gasteiger partial charge in [-0.05, 0) is 30.1 Å². The van der Waals surface area contributed by atoms with Gasteiger partial charge in [0, 0.05) is 12.3 Å². The van der Waals surface area contributed by atoms with E-state index in [0.717, 1.165) is 6.29 Å². The van der Waals surface area contributed by atoms with E-state index in [1.54, 1.807) is 0 Å². The molecule has 0 aromatic heterocycles. The number of hydrogen-bond acceptors (Lipinski definition) is 1. The second kappa shape index (κ2) is 4.04. The highest BCUT2D eigenvalue weighted by molar-refractivity contribution is 5.56. The summed E-state index contributed by atoms with van der Waals surface area (Å²) in [5.74, 6) is -0.106. The molecule has 1 rings (SSSR count). The quantitative estimate of drug-likeness (QED) is 0.677. The van der Waals surface area contributed by atoms with Gasteiger partial charge in [0.25, 0.3) is 0 Å². The molecule has 0 aliphatic heterocycles. The van der Waals surface area contributed by atoms with Crippen LogP contribution in [0.1, 0.15) is 46.5 Å². The molecule has 4 heteroatoms. The Hall–Kier alpha value is -0.540. The third-order valence-electron chi connectivity index (χ3n) is 4.61. The third-order valence-corrected chi connectivity index (χ3v) is 4.61. The molecule has 94 valence electrons. The fourth-order valence-electron chi connectivity index (χ4n) is 2.71. The molecule has 0 aromatic carbocycles. The Balaban J connectivity index is 2.75. The van der Waals surface area contributed by atoms with Crippen LogP contribution in [0, 0.1) is 16.7 Å². The first-order chi connectivity index (χ1) is 7.12. The van der Waals surface area contributed by atoms with E-state index in [-0.39, 0.29) is 23.2 Å². The van der Waals surface area contributed by atoms with Crippen LogP contribution in [-0.4, -0.2) is 12.5 Å². The molecule has 1 aliphatic carbocycles. The van der Waals surface area contributed by atoms with Gasteiger partial charge in [-0.25, -0.2) is 0 Å². The SMILES string of the molecule is CC1(C)[C@H](C=O)CC[C@]1(C)CCC(F)(F)F. The normalized spacial score (nSPS) is 34.0. The predicted molar refractivity (Wildman–Crippen MR) is 56.0 cm³/mol. The van der Waals surface area contributed by atoms with E-state index < -0.39 is 12.6 Å². The monoisotopic (exact) mass is 236 g/mol. The fraction of sp³-hybridized carbons (Fsp3) is 0.917. The van der Waals surface area contributed by atoms with Gasteiger partial charge in [-0.3, -0.25) is 0 Å². The number of carbonyl (C=O) groups is 1. The summed E-state index contributed by atoms with van der Waals surface area (Å²) in [5.41, 5.74) is -0.714. The van der Waals surface area contributed by atoms with Crippen molar-refractivity contribution in [1.29, 1.82) is 0 Å². The highest BCUT2D eigenvalue weighted by Gasteiger charge is 2.51. The highest BCUT2D eigenvalue weighted by atomic mass is 19.4. The zero-order valence-corrected chi connectivity index (χ0v) is 10.0. The molecule has 1 fully saturated rings. The van der Waals surface area contributed by atoms with Gasteiger partial charge in [-0.15, -0.1) is 0 Å². The fourth-order valence-corrected chi connectivity index (χ4v) is 2.71. The molecule has 0 heterocycles. The summed E-state index contributed by atoms with van der Waals surface area (Å²) in [7, 11) is 0. The van der Waals surface area contributed by atoms with Crippen molar-refractivity contribution in [2.75, 3.05) is 0 Å². The zero-order valence-electron chi connectivity index (χ0n) is 10.0. The molecular weight excluding hydrogens is 217 g/mol. The van der Waals surface area contributed by atoms with Gasteiger partial charge in [-0.1, -0.05) is 20.8 Å². The van der Waals surface area contributed by atoms with Gasteiger partial charge in [-0.2, -0.15) is 13.2 Å². The summed E-state index contributed by atoms with van der Waals surface area (Å²) in [6.07, 6.45) is -2.41. The number of hydrogen-bond donors (Lipinski definition) is 0. The van der Waals surface area contributed by atoms with E-state index >= 15 is 0 Å². The first-order valence-electron chi connectivity index (χ1n) is 5.64. The van der Waals surface area contributed by atoms with Crippen molar-refractivity contribution in [1.82, 2.24) is 0 Å². The third kappa shape index (κ3) is 2.41. The average Bonchev–Trinajstić information content (AvgIpc) is 2.35. The Morgan fingerprint density at radius 3 is 2.25 bits per heavy atom. The minimum Gasteiger partial charge on any atom is -0.303 e. The van der Waals surface area contributed by atoms with E-state index in [1.807, 2.05) is 20.8 Å². The molecular formula is C12H19F3O. The van der Waals surface area contributed by atoms with Crippen LogP contribution in [0.3, 0.4) is 0 Å². The van der Waals surface area contributed by atoms with Crippen LogP contribution in [0.15, 0.2) is 0 Å². The summed E-state index contributed by atoms with van der Waals surface area (Å²) in [4.78, 5) is 10.9. The van der Waals surface area contributed by atoms with Gasteiger partial charge in [0.05, 0.1) is 0 Å². The van der Waals surface area contributed by atoms with Crippen LogP contribution in [0.4, 0.5) is 13.2 Å². The number of halogens is 3. The molecule has 16 heavy (non-hydrogen) atoms. The second-order valence-corrected chi connectivity index (χ2v) is 5.68. The van der Waals surface area contributed by atoms with E-state index in [2.05, 4.69) is 0 Å². The lowest BCUT2D eigenvalue weighted by Gasteiger charge is -2.40. The van der Waals surface area contributed by atoms with Crippen molar-refractivity contribution in [3.8, 4) is 0 Å². The van der Waals surface area contributed by atoms with Gasteiger partial charge < -0.3 is 4.79 Å². The van der Waals surface area contributed by atoms with Crippen LogP contribution in [0.5, 0.6) is 0 Å². The lowest BCUT2D eigenvalue weighted by atomic mass is 9.64. The Morgan fingerprint density at radius 2 is 1.88 bits per heavy atom. The minimum atomic E-state index is -4.10. The lowest BCUT2D eigenvalue weighted by molar-refractivity contribution is -0.144. The van der Waals surface area contributed by atoms with Gasteiger partial charge in [0.2, 0.25) is 0 Å². The van der Waals surface area contributed by atoms with Crippen molar-refractivity contribution >= 4 is 6.29 Å². The van der Waals surface area contributed by atoms with Gasteiger partial charge >= 0.3 is 6.18 Å². The number of rotatable bonds is 3. The van der Waals surface area contributed by atoms with E-state index in [9.17, 15) is 18.0 Å². The highest BCUT2D eigenvalue weighted by Crippen LogP contribution is 2.58. The molecule has 0 aromatic rings. The van der Waals surface area contributed by atoms with E-state index in [4.69, 9.17) is 0 Å². The molecule has 0 unspecified atom stereocenters. The zero-order chi connectivity index (χ0) is 12.6. The molecule has 0 radical (unpaired) electrons. The second-order valence-electron chi connectivity index (χ2n) is 5.68. The maximum Gasteiger partial charge on any atom is 0.389 e. The number of alkyl halides is 3. The van der Waals surface area contributed by atoms with Gasteiger partial charge in [0.15, 0.2) is 0 Å². The number of aldehydes is 1. The molecule has 0 spiro atoms. The molecule has 1 nitrogen and oxygen atoms in total. The summed E-state index contributed by atoms with van der Waals surface area (Å²) in [6.45, 7) is 5.70. The summed E-state index contributed by atoms with van der Waals surface area (Å²) in [5, 5.41) is 0. The lowest BCUT2D eigenvalue weighted by Crippen LogP contribution is -2.35. The molecule has 1 aliphatic rings. The van der Waals surface area contributed by atoms with Crippen molar-refractivity contribution < 1.29 is 18.0 Å². The molecule has 2 atom stereocenters. The Kier molecular flexibility index (Phi) is 3.42. The first-order valence-corrected chi connectivity index (χ1v) is 5.64. The topological polar surface area (TPSA) is 17.1 Å². The van der Waals surface area contributed by atoms with Crippen molar-refractivity contribution in [3.05, 3.63) is 0 Å². The molecule has 0 amide bonds. The molecule has 0 N–H and O–H groups in total. The molecule has 0 saturated heterocycles. The Morgan fingerprint density at radius 1 is 1.31 bits per heavy atom. The van der Waals surface area contributed by atoms with Gasteiger partial charge in [0.1, 0.15) is 6.29 Å². The minimum absolute atomic E-state index is 0.106. The van der Waals surface area contributed by atoms with Crippen LogP contribution >= 0.6 is 0 Å². The predicted octanol–water partition coefficient (Wildman–Crippen LogP) is 3.97. The maximum absolute atomic E-state index is 12.2. The van der Waals surface area contributed by atoms with Crippen molar-refractivity contribution in [2.24, 2.45) is 16.7 Å². The molecule has 1 saturated carbocycles. The summed E-state index contributed by atoms with van der Waals surface area (Å²) in [6, 6.07) is 0. The largest absolute Gasteiger partial charge is 0.389 e. The average molecular weight is 236 g/mol. The van der Waals surface area contributed by atoms with Crippen LogP contribution in [0.2, 0.25) is 0 Å². The molecule has 0 bridgehead atoms. The summed E-state index contributed by atoms with van der Waals surface area (Å²) >= 11 is 0. The smallest absolute Gasteiger partial charge is 0.303 e. The van der Waals surface area contributed by atoms with E-state index in [0.29, 0.717) is 12.8 Å².